The maximum absolute atomic E-state index is 13.4. The van der Waals surface area contributed by atoms with Gasteiger partial charge in [0.05, 0.1) is 12.0 Å². The van der Waals surface area contributed by atoms with Crippen LogP contribution < -0.4 is 4.90 Å². The Kier molecular flexibility index (Phi) is 7.07. The van der Waals surface area contributed by atoms with Crippen molar-refractivity contribution in [2.45, 2.75) is 31.9 Å². The van der Waals surface area contributed by atoms with Crippen molar-refractivity contribution in [2.24, 2.45) is 5.92 Å². The average molecular weight is 561 g/mol. The van der Waals surface area contributed by atoms with E-state index in [1.54, 1.807) is 29.2 Å². The molecule has 1 aliphatic heterocycles. The van der Waals surface area contributed by atoms with Crippen LogP contribution in [0.15, 0.2) is 72.8 Å². The zero-order valence-electron chi connectivity index (χ0n) is 17.9. The molecule has 3 aromatic carbocycles. The largest absolute Gasteiger partial charge is 0.458 e. The molecule has 33 heavy (non-hydrogen) atoms. The van der Waals surface area contributed by atoms with E-state index in [9.17, 15) is 18.4 Å². The highest BCUT2D eigenvalue weighted by molar-refractivity contribution is 14.1. The van der Waals surface area contributed by atoms with E-state index in [4.69, 9.17) is 4.74 Å². The van der Waals surface area contributed by atoms with Crippen molar-refractivity contribution in [3.05, 3.63) is 99.1 Å². The van der Waals surface area contributed by atoms with Crippen LogP contribution in [0.2, 0.25) is 0 Å². The number of ether oxygens (including phenoxy) is 1. The van der Waals surface area contributed by atoms with E-state index in [0.29, 0.717) is 24.1 Å². The molecule has 1 aliphatic rings. The molecular weight excluding hydrogens is 539 g/mol. The lowest BCUT2D eigenvalue weighted by atomic mass is 9.78. The van der Waals surface area contributed by atoms with Gasteiger partial charge in [0.25, 0.3) is 0 Å². The summed E-state index contributed by atoms with van der Waals surface area (Å²) in [6.07, 6.45) is 0.315. The zero-order chi connectivity index (χ0) is 23.5. The van der Waals surface area contributed by atoms with E-state index in [2.05, 4.69) is 22.6 Å². The fourth-order valence-electron chi connectivity index (χ4n) is 4.26. The Hall–Kier alpha value is -2.81. The second kappa shape index (κ2) is 9.99. The average Bonchev–Trinajstić information content (AvgIpc) is 2.79. The standard InChI is InChI=1S/C26H22F2INO3/c1-16(31)33-24(17-2-6-19(27)7-3-17)15-14-23-25(18-4-10-21(29)11-5-18)30(26(23)32)22-12-8-20(28)9-13-22/h2-13,23-25H,14-15H2,1H3/t23-,24+,25-/m1/s1. The lowest BCUT2D eigenvalue weighted by Gasteiger charge is -2.48. The molecule has 1 saturated heterocycles. The number of β-lactam (4-membered cyclic amide) rings is 1. The molecule has 0 spiro atoms. The summed E-state index contributed by atoms with van der Waals surface area (Å²) in [5.74, 6) is -1.56. The molecule has 4 nitrogen and oxygen atoms in total. The summed E-state index contributed by atoms with van der Waals surface area (Å²) in [4.78, 5) is 26.5. The number of carbonyl (C=O) groups is 2. The van der Waals surface area contributed by atoms with Crippen molar-refractivity contribution in [3.8, 4) is 0 Å². The van der Waals surface area contributed by atoms with Gasteiger partial charge in [0.1, 0.15) is 17.7 Å². The first-order valence-corrected chi connectivity index (χ1v) is 11.7. The molecule has 170 valence electrons. The topological polar surface area (TPSA) is 46.6 Å². The summed E-state index contributed by atoms with van der Waals surface area (Å²) in [5.41, 5.74) is 2.30. The van der Waals surface area contributed by atoms with Gasteiger partial charge in [0.2, 0.25) is 5.91 Å². The third-order valence-electron chi connectivity index (χ3n) is 5.82. The molecule has 3 aromatic rings. The molecule has 1 heterocycles. The van der Waals surface area contributed by atoms with Crippen molar-refractivity contribution in [3.63, 3.8) is 0 Å². The first-order valence-electron chi connectivity index (χ1n) is 10.6. The van der Waals surface area contributed by atoms with Crippen LogP contribution in [0.5, 0.6) is 0 Å². The highest BCUT2D eigenvalue weighted by Gasteiger charge is 2.48. The number of carbonyl (C=O) groups excluding carboxylic acids is 2. The molecule has 0 N–H and O–H groups in total. The Morgan fingerprint density at radius 1 is 0.970 bits per heavy atom. The summed E-state index contributed by atoms with van der Waals surface area (Å²) < 4.78 is 33.4. The third-order valence-corrected chi connectivity index (χ3v) is 6.54. The predicted octanol–water partition coefficient (Wildman–Crippen LogP) is 6.36. The Bertz CT molecular complexity index is 1130. The van der Waals surface area contributed by atoms with Gasteiger partial charge in [-0.25, -0.2) is 8.78 Å². The maximum Gasteiger partial charge on any atom is 0.303 e. The van der Waals surface area contributed by atoms with Crippen LogP contribution in [0.3, 0.4) is 0 Å². The SMILES string of the molecule is CC(=O)O[C@@H](CC[C@H]1C(=O)N(c2ccc(F)cc2)[C@@H]1c1ccc(I)cc1)c1ccc(F)cc1. The Balaban J connectivity index is 1.58. The van der Waals surface area contributed by atoms with Gasteiger partial charge < -0.3 is 9.64 Å². The summed E-state index contributed by atoms with van der Waals surface area (Å²) in [6.45, 7) is 1.33. The van der Waals surface area contributed by atoms with Crippen molar-refractivity contribution >= 4 is 40.2 Å². The van der Waals surface area contributed by atoms with Gasteiger partial charge in [-0.15, -0.1) is 0 Å². The number of esters is 1. The van der Waals surface area contributed by atoms with E-state index in [0.717, 1.165) is 9.13 Å². The number of hydrogen-bond acceptors (Lipinski definition) is 3. The number of rotatable bonds is 7. The summed E-state index contributed by atoms with van der Waals surface area (Å²) >= 11 is 2.23. The highest BCUT2D eigenvalue weighted by Crippen LogP contribution is 2.46. The monoisotopic (exact) mass is 561 g/mol. The van der Waals surface area contributed by atoms with Crippen LogP contribution in [-0.2, 0) is 14.3 Å². The van der Waals surface area contributed by atoms with E-state index in [-0.39, 0.29) is 29.5 Å². The highest BCUT2D eigenvalue weighted by atomic mass is 127. The van der Waals surface area contributed by atoms with Crippen LogP contribution in [0.4, 0.5) is 14.5 Å². The normalized spacial score (nSPS) is 18.5. The van der Waals surface area contributed by atoms with Gasteiger partial charge >= 0.3 is 5.97 Å². The number of halogens is 3. The fraction of sp³-hybridized carbons (Fsp3) is 0.231. The quantitative estimate of drug-likeness (QED) is 0.192. The van der Waals surface area contributed by atoms with Crippen molar-refractivity contribution < 1.29 is 23.1 Å². The Morgan fingerprint density at radius 3 is 2.12 bits per heavy atom. The number of anilines is 1. The minimum Gasteiger partial charge on any atom is -0.458 e. The number of hydrogen-bond donors (Lipinski definition) is 0. The van der Waals surface area contributed by atoms with Crippen LogP contribution in [0.1, 0.15) is 43.0 Å². The van der Waals surface area contributed by atoms with Crippen molar-refractivity contribution in [1.29, 1.82) is 0 Å². The van der Waals surface area contributed by atoms with E-state index in [1.807, 2.05) is 24.3 Å². The van der Waals surface area contributed by atoms with Gasteiger partial charge in [-0.2, -0.15) is 0 Å². The van der Waals surface area contributed by atoms with Crippen LogP contribution >= 0.6 is 22.6 Å². The van der Waals surface area contributed by atoms with E-state index < -0.39 is 12.1 Å². The fourth-order valence-corrected chi connectivity index (χ4v) is 4.62. The maximum atomic E-state index is 13.4. The number of amides is 1. The number of benzene rings is 3. The van der Waals surface area contributed by atoms with Gasteiger partial charge in [-0.05, 0) is 95.1 Å². The first kappa shape index (κ1) is 23.4. The third kappa shape index (κ3) is 5.24. The van der Waals surface area contributed by atoms with Crippen LogP contribution in [0.25, 0.3) is 0 Å². The summed E-state index contributed by atoms with van der Waals surface area (Å²) in [7, 11) is 0. The molecular formula is C26H22F2INO3. The Morgan fingerprint density at radius 2 is 1.55 bits per heavy atom. The minimum absolute atomic E-state index is 0.0640. The van der Waals surface area contributed by atoms with Gasteiger partial charge in [-0.3, -0.25) is 9.59 Å². The van der Waals surface area contributed by atoms with E-state index in [1.165, 1.54) is 31.2 Å². The molecule has 4 rings (SSSR count). The molecule has 0 unspecified atom stereocenters. The Labute approximate surface area is 204 Å². The zero-order valence-corrected chi connectivity index (χ0v) is 20.0. The molecule has 0 aromatic heterocycles. The van der Waals surface area contributed by atoms with Crippen LogP contribution in [-0.4, -0.2) is 11.9 Å². The molecule has 0 saturated carbocycles. The summed E-state index contributed by atoms with van der Waals surface area (Å²) in [6, 6.07) is 19.4. The van der Waals surface area contributed by atoms with Gasteiger partial charge in [0.15, 0.2) is 0 Å². The molecule has 3 atom stereocenters. The molecule has 1 fully saturated rings. The molecule has 0 radical (unpaired) electrons. The van der Waals surface area contributed by atoms with Gasteiger partial charge in [-0.1, -0.05) is 24.3 Å². The lowest BCUT2D eigenvalue weighted by molar-refractivity contribution is -0.147. The molecule has 0 bridgehead atoms. The molecule has 0 aliphatic carbocycles. The van der Waals surface area contributed by atoms with Crippen LogP contribution in [0, 0.1) is 21.1 Å². The molecule has 1 amide bonds. The first-order chi connectivity index (χ1) is 15.8. The second-order valence-corrected chi connectivity index (χ2v) is 9.26. The van der Waals surface area contributed by atoms with Crippen molar-refractivity contribution in [2.75, 3.05) is 4.90 Å². The molecule has 7 heteroatoms. The lowest BCUT2D eigenvalue weighted by Crippen LogP contribution is -2.55. The smallest absolute Gasteiger partial charge is 0.303 e. The minimum atomic E-state index is -0.576. The second-order valence-electron chi connectivity index (χ2n) is 8.01. The predicted molar refractivity (Wildman–Crippen MR) is 129 cm³/mol. The number of nitrogens with zero attached hydrogens (tertiary/aromatic N) is 1. The van der Waals surface area contributed by atoms with Crippen molar-refractivity contribution in [1.82, 2.24) is 0 Å². The summed E-state index contributed by atoms with van der Waals surface area (Å²) in [5, 5.41) is 0. The van der Waals surface area contributed by atoms with Gasteiger partial charge in [0, 0.05) is 16.2 Å². The van der Waals surface area contributed by atoms with E-state index >= 15 is 0 Å².